The van der Waals surface area contributed by atoms with Crippen LogP contribution >= 0.6 is 0 Å². The van der Waals surface area contributed by atoms with Gasteiger partial charge in [0.15, 0.2) is 0 Å². The van der Waals surface area contributed by atoms with E-state index >= 15 is 0 Å². The second kappa shape index (κ2) is 12.7. The number of nitrogen functional groups attached to an aromatic ring is 1. The predicted molar refractivity (Wildman–Crippen MR) is 143 cm³/mol. The maximum Gasteiger partial charge on any atom is 0.0414 e. The van der Waals surface area contributed by atoms with Gasteiger partial charge in [-0.2, -0.15) is 0 Å². The van der Waals surface area contributed by atoms with Gasteiger partial charge in [0.25, 0.3) is 0 Å². The molecule has 0 fully saturated rings. The van der Waals surface area contributed by atoms with Gasteiger partial charge in [-0.05, 0) is 102 Å². The van der Waals surface area contributed by atoms with Gasteiger partial charge in [0.2, 0.25) is 0 Å². The van der Waals surface area contributed by atoms with Gasteiger partial charge < -0.3 is 21.3 Å². The highest BCUT2D eigenvalue weighted by atomic mass is 15.2. The average Bonchev–Trinajstić information content (AvgIpc) is 2.77. The second-order valence-electron chi connectivity index (χ2n) is 8.73. The number of rotatable bonds is 8. The van der Waals surface area contributed by atoms with Gasteiger partial charge in [0.1, 0.15) is 0 Å². The minimum absolute atomic E-state index is 0.455. The Morgan fingerprint density at radius 3 is 1.50 bits per heavy atom. The van der Waals surface area contributed by atoms with Crippen molar-refractivity contribution in [2.24, 2.45) is 0 Å². The maximum absolute atomic E-state index is 5.76. The zero-order valence-electron chi connectivity index (χ0n) is 20.5. The van der Waals surface area contributed by atoms with Crippen LogP contribution in [0, 0.1) is 0 Å². The van der Waals surface area contributed by atoms with Crippen molar-refractivity contribution in [1.29, 1.82) is 0 Å². The molecule has 0 aliphatic heterocycles. The minimum atomic E-state index is 0.455. The highest BCUT2D eigenvalue weighted by Crippen LogP contribution is 2.29. The Kier molecular flexibility index (Phi) is 9.93. The van der Waals surface area contributed by atoms with Gasteiger partial charge >= 0.3 is 0 Å². The van der Waals surface area contributed by atoms with Crippen molar-refractivity contribution in [1.82, 2.24) is 0 Å². The number of para-hydroxylation sites is 1. The predicted octanol–water partition coefficient (Wildman–Crippen LogP) is 7.53. The molecule has 3 aromatic rings. The van der Waals surface area contributed by atoms with Crippen LogP contribution in [0.15, 0.2) is 78.9 Å². The number of hydrogen-bond donors (Lipinski definition) is 3. The lowest BCUT2D eigenvalue weighted by Gasteiger charge is -2.31. The summed E-state index contributed by atoms with van der Waals surface area (Å²) in [4.78, 5) is 2.35. The first-order valence-electron chi connectivity index (χ1n) is 11.6. The van der Waals surface area contributed by atoms with Gasteiger partial charge in [-0.15, -0.1) is 0 Å². The zero-order chi connectivity index (χ0) is 23.5. The number of benzene rings is 3. The van der Waals surface area contributed by atoms with Crippen LogP contribution in [-0.2, 0) is 0 Å². The molecule has 3 aromatic carbocycles. The third-order valence-electron chi connectivity index (χ3n) is 5.03. The second-order valence-corrected chi connectivity index (χ2v) is 8.73. The van der Waals surface area contributed by atoms with E-state index in [0.29, 0.717) is 18.1 Å². The summed E-state index contributed by atoms with van der Waals surface area (Å²) in [6.45, 7) is 13.0. The lowest BCUT2D eigenvalue weighted by molar-refractivity contribution is 0.688. The van der Waals surface area contributed by atoms with Crippen LogP contribution in [-0.4, -0.2) is 18.1 Å². The molecule has 0 amide bonds. The van der Waals surface area contributed by atoms with E-state index in [-0.39, 0.29) is 0 Å². The van der Waals surface area contributed by atoms with E-state index in [2.05, 4.69) is 118 Å². The summed E-state index contributed by atoms with van der Waals surface area (Å²) in [6, 6.07) is 28.4. The Bertz CT molecular complexity index is 858. The molecule has 0 aliphatic rings. The van der Waals surface area contributed by atoms with Gasteiger partial charge in [0.05, 0.1) is 0 Å². The number of hydrogen-bond acceptors (Lipinski definition) is 4. The summed E-state index contributed by atoms with van der Waals surface area (Å²) >= 11 is 0. The third kappa shape index (κ3) is 8.18. The monoisotopic (exact) mass is 432 g/mol. The summed E-state index contributed by atoms with van der Waals surface area (Å²) in [5.41, 5.74) is 11.3. The molecule has 0 saturated carbocycles. The van der Waals surface area contributed by atoms with Crippen molar-refractivity contribution in [2.75, 3.05) is 21.3 Å². The molecule has 0 radical (unpaired) electrons. The van der Waals surface area contributed by atoms with Gasteiger partial charge in [-0.3, -0.25) is 0 Å². The molecule has 0 aromatic heterocycles. The summed E-state index contributed by atoms with van der Waals surface area (Å²) in [5.74, 6) is 0. The van der Waals surface area contributed by atoms with Gasteiger partial charge in [-0.25, -0.2) is 0 Å². The van der Waals surface area contributed by atoms with E-state index < -0.39 is 0 Å². The highest BCUT2D eigenvalue weighted by Gasteiger charge is 2.14. The quantitative estimate of drug-likeness (QED) is 0.322. The molecular formula is C28H40N4. The highest BCUT2D eigenvalue weighted by molar-refractivity contribution is 5.65. The van der Waals surface area contributed by atoms with Crippen molar-refractivity contribution in [3.63, 3.8) is 0 Å². The van der Waals surface area contributed by atoms with Crippen LogP contribution in [0.4, 0.5) is 28.4 Å². The molecular weight excluding hydrogens is 392 g/mol. The molecule has 4 nitrogen and oxygen atoms in total. The van der Waals surface area contributed by atoms with Crippen LogP contribution in [0.25, 0.3) is 0 Å². The van der Waals surface area contributed by atoms with Gasteiger partial charge in [0, 0.05) is 46.6 Å². The molecule has 172 valence electrons. The summed E-state index contributed by atoms with van der Waals surface area (Å²) in [5, 5.41) is 6.71. The van der Waals surface area contributed by atoms with Crippen LogP contribution in [0.5, 0.6) is 0 Å². The molecule has 0 aliphatic carbocycles. The van der Waals surface area contributed by atoms with E-state index in [1.807, 2.05) is 18.2 Å². The van der Waals surface area contributed by atoms with E-state index in [1.54, 1.807) is 0 Å². The van der Waals surface area contributed by atoms with E-state index in [4.69, 9.17) is 5.73 Å². The lowest BCUT2D eigenvalue weighted by atomic mass is 10.1. The molecule has 4 N–H and O–H groups in total. The Labute approximate surface area is 194 Å². The Balaban J connectivity index is 0.000000235. The molecule has 1 atom stereocenters. The van der Waals surface area contributed by atoms with Crippen LogP contribution in [0.3, 0.4) is 0 Å². The molecule has 0 spiro atoms. The topological polar surface area (TPSA) is 53.3 Å². The van der Waals surface area contributed by atoms with Crippen LogP contribution in [0.2, 0.25) is 0 Å². The van der Waals surface area contributed by atoms with Crippen molar-refractivity contribution in [3.05, 3.63) is 78.9 Å². The van der Waals surface area contributed by atoms with E-state index in [9.17, 15) is 0 Å². The maximum atomic E-state index is 5.76. The molecule has 4 heteroatoms. The van der Waals surface area contributed by atoms with E-state index in [1.165, 1.54) is 22.7 Å². The number of nitrogens with one attached hydrogen (secondary N) is 2. The van der Waals surface area contributed by atoms with Crippen LogP contribution < -0.4 is 21.3 Å². The molecule has 0 bridgehead atoms. The first-order valence-corrected chi connectivity index (χ1v) is 11.6. The zero-order valence-corrected chi connectivity index (χ0v) is 20.5. The standard InChI is InChI=1S/C16H20N2.C12H20N2/c1-3-13(2)18(15-7-5-4-6-8-15)16-11-9-14(17)10-12-16;1-9(2)13-11-5-7-12(8-6-11)14-10(3)4/h4-13H,3,17H2,1-2H3;5-10,13-14H,1-4H3. The van der Waals surface area contributed by atoms with E-state index in [0.717, 1.165) is 12.1 Å². The number of anilines is 5. The fraction of sp³-hybridized carbons (Fsp3) is 0.357. The number of nitrogens with two attached hydrogens (primary N) is 1. The fourth-order valence-corrected chi connectivity index (χ4v) is 3.39. The smallest absolute Gasteiger partial charge is 0.0414 e. The van der Waals surface area contributed by atoms with Crippen LogP contribution in [0.1, 0.15) is 48.0 Å². The number of nitrogens with zero attached hydrogens (tertiary/aromatic N) is 1. The third-order valence-corrected chi connectivity index (χ3v) is 5.03. The molecule has 0 saturated heterocycles. The summed E-state index contributed by atoms with van der Waals surface area (Å²) in [6.07, 6.45) is 1.10. The first kappa shape index (κ1) is 25.1. The lowest BCUT2D eigenvalue weighted by Crippen LogP contribution is -2.27. The minimum Gasteiger partial charge on any atom is -0.399 e. The van der Waals surface area contributed by atoms with Crippen molar-refractivity contribution in [2.45, 2.75) is 66.1 Å². The average molecular weight is 433 g/mol. The van der Waals surface area contributed by atoms with Crippen molar-refractivity contribution >= 4 is 28.4 Å². The molecule has 32 heavy (non-hydrogen) atoms. The Morgan fingerprint density at radius 2 is 1.09 bits per heavy atom. The molecule has 1 unspecified atom stereocenters. The Hall–Kier alpha value is -3.14. The molecule has 0 heterocycles. The first-order chi connectivity index (χ1) is 15.3. The largest absolute Gasteiger partial charge is 0.399 e. The Morgan fingerprint density at radius 1 is 0.656 bits per heavy atom. The van der Waals surface area contributed by atoms with Crippen molar-refractivity contribution < 1.29 is 0 Å². The van der Waals surface area contributed by atoms with Gasteiger partial charge in [-0.1, -0.05) is 25.1 Å². The van der Waals surface area contributed by atoms with Crippen molar-refractivity contribution in [3.8, 4) is 0 Å². The SMILES string of the molecule is CC(C)Nc1ccc(NC(C)C)cc1.CCC(C)N(c1ccccc1)c1ccc(N)cc1. The normalized spacial score (nSPS) is 11.5. The fourth-order valence-electron chi connectivity index (χ4n) is 3.39. The summed E-state index contributed by atoms with van der Waals surface area (Å²) < 4.78 is 0. The summed E-state index contributed by atoms with van der Waals surface area (Å²) in [7, 11) is 0. The molecule has 3 rings (SSSR count).